The van der Waals surface area contributed by atoms with E-state index < -0.39 is 23.4 Å². The zero-order chi connectivity index (χ0) is 7.49. The van der Waals surface area contributed by atoms with Crippen molar-refractivity contribution in [2.75, 3.05) is 0 Å². The summed E-state index contributed by atoms with van der Waals surface area (Å²) < 4.78 is 27.7. The van der Waals surface area contributed by atoms with Crippen LogP contribution in [0, 0.1) is 0 Å². The Hall–Kier alpha value is 0.544. The molecule has 0 aromatic heterocycles. The van der Waals surface area contributed by atoms with Crippen molar-refractivity contribution in [3.63, 3.8) is 0 Å². The van der Waals surface area contributed by atoms with Gasteiger partial charge in [-0.3, -0.25) is 0 Å². The van der Waals surface area contributed by atoms with Gasteiger partial charge in [0.1, 0.15) is 0 Å². The molecule has 9 heavy (non-hydrogen) atoms. The maximum atomic E-state index is 11.5. The van der Waals surface area contributed by atoms with Crippen LogP contribution in [0.3, 0.4) is 0 Å². The van der Waals surface area contributed by atoms with Gasteiger partial charge in [0, 0.05) is 0 Å². The minimum Gasteiger partial charge on any atom is -0.445 e. The van der Waals surface area contributed by atoms with E-state index in [0.717, 1.165) is 0 Å². The zero-order valence-corrected chi connectivity index (χ0v) is 8.50. The van der Waals surface area contributed by atoms with E-state index in [1.807, 2.05) is 0 Å². The van der Waals surface area contributed by atoms with E-state index in [1.165, 1.54) is 0 Å². The second-order valence-corrected chi connectivity index (χ2v) is 9.63. The lowest BCUT2D eigenvalue weighted by atomic mass is 11.7. The van der Waals surface area contributed by atoms with E-state index in [4.69, 9.17) is 15.2 Å². The summed E-state index contributed by atoms with van der Waals surface area (Å²) in [6, 6.07) is -2.27. The number of alkyl halides is 2. The van der Waals surface area contributed by atoms with Gasteiger partial charge in [0.2, 0.25) is 15.8 Å². The normalized spacial score (nSPS) is 14.0. The van der Waals surface area contributed by atoms with Crippen molar-refractivity contribution < 1.29 is 12.9 Å². The Kier molecular flexibility index (Phi) is 3.87. The lowest BCUT2D eigenvalue weighted by molar-refractivity contribution is 0.223. The highest BCUT2D eigenvalue weighted by molar-refractivity contribution is 7.16. The maximum absolute atomic E-state index is 11.5. The molecule has 0 saturated carbocycles. The lowest BCUT2D eigenvalue weighted by Gasteiger charge is -2.13. The Morgan fingerprint density at radius 2 is 2.00 bits per heavy atom. The third-order valence-corrected chi connectivity index (χ3v) is 5.20. The molecule has 0 amide bonds. The minimum absolute atomic E-state index is 1.66. The molecule has 0 spiro atoms. The van der Waals surface area contributed by atoms with Crippen molar-refractivity contribution in [3.8, 4) is 0 Å². The quantitative estimate of drug-likeness (QED) is 0.481. The summed E-state index contributed by atoms with van der Waals surface area (Å²) in [5, 5.41) is 0. The lowest BCUT2D eigenvalue weighted by Crippen LogP contribution is -2.27. The summed E-state index contributed by atoms with van der Waals surface area (Å²) in [6.07, 6.45) is 0. The summed E-state index contributed by atoms with van der Waals surface area (Å²) in [7, 11) is -3.83. The predicted molar refractivity (Wildman–Crippen MR) is 39.0 cm³/mol. The molecule has 0 heterocycles. The molecule has 0 rings (SSSR count). The first-order chi connectivity index (χ1) is 3.92. The summed E-state index contributed by atoms with van der Waals surface area (Å²) in [5.74, 6) is 0. The van der Waals surface area contributed by atoms with Crippen LogP contribution in [0.25, 0.3) is 0 Å². The topological polar surface area (TPSA) is 9.23 Å². The molecule has 0 atom stereocenters. The van der Waals surface area contributed by atoms with Crippen LogP contribution in [0.4, 0.5) is 8.78 Å². The molecule has 0 fully saturated rings. The standard InChI is InChI=1S/C3H9ClF2OSi2/c1-9(2,4)7-8-3(5)6/h3H,8H2,1-2H3. The van der Waals surface area contributed by atoms with Crippen molar-refractivity contribution in [2.24, 2.45) is 0 Å². The van der Waals surface area contributed by atoms with Gasteiger partial charge < -0.3 is 4.12 Å². The van der Waals surface area contributed by atoms with Crippen molar-refractivity contribution in [1.29, 1.82) is 0 Å². The van der Waals surface area contributed by atoms with Gasteiger partial charge in [0.25, 0.3) is 7.63 Å². The highest BCUT2D eigenvalue weighted by Gasteiger charge is 2.20. The monoisotopic (exact) mass is 190 g/mol. The SMILES string of the molecule is C[Si](C)(Cl)O[SiH2]C(F)F. The van der Waals surface area contributed by atoms with Crippen molar-refractivity contribution in [2.45, 2.75) is 19.1 Å². The highest BCUT2D eigenvalue weighted by Crippen LogP contribution is 2.08. The fraction of sp³-hybridized carbons (Fsp3) is 1.00. The van der Waals surface area contributed by atoms with Crippen molar-refractivity contribution in [1.82, 2.24) is 0 Å². The highest BCUT2D eigenvalue weighted by atomic mass is 35.6. The van der Waals surface area contributed by atoms with E-state index in [0.29, 0.717) is 0 Å². The van der Waals surface area contributed by atoms with Gasteiger partial charge in [-0.1, -0.05) is 0 Å². The Labute approximate surface area is 61.1 Å². The second-order valence-electron chi connectivity index (χ2n) is 2.07. The molecule has 0 bridgehead atoms. The fourth-order valence-corrected chi connectivity index (χ4v) is 2.92. The van der Waals surface area contributed by atoms with Crippen LogP contribution in [0.2, 0.25) is 13.1 Å². The van der Waals surface area contributed by atoms with Crippen molar-refractivity contribution >= 4 is 28.5 Å². The van der Waals surface area contributed by atoms with Crippen LogP contribution in [-0.4, -0.2) is 23.4 Å². The van der Waals surface area contributed by atoms with Crippen LogP contribution in [-0.2, 0) is 4.12 Å². The van der Waals surface area contributed by atoms with Gasteiger partial charge in [0.05, 0.1) is 0 Å². The van der Waals surface area contributed by atoms with Gasteiger partial charge in [-0.15, -0.1) is 11.1 Å². The molecule has 0 aromatic carbocycles. The van der Waals surface area contributed by atoms with Gasteiger partial charge in [-0.25, -0.2) is 8.78 Å². The zero-order valence-electron chi connectivity index (χ0n) is 5.33. The number of rotatable bonds is 3. The Morgan fingerprint density at radius 3 is 2.11 bits per heavy atom. The molecular formula is C3H9ClF2OSi2. The van der Waals surface area contributed by atoms with Gasteiger partial charge in [-0.05, 0) is 13.1 Å². The third kappa shape index (κ3) is 8.54. The molecule has 56 valence electrons. The maximum Gasteiger partial charge on any atom is 0.273 e. The Bertz CT molecular complexity index is 84.4. The van der Waals surface area contributed by atoms with Crippen molar-refractivity contribution in [3.05, 3.63) is 0 Å². The Morgan fingerprint density at radius 1 is 1.56 bits per heavy atom. The predicted octanol–water partition coefficient (Wildman–Crippen LogP) is 1.25. The number of hydrogen-bond donors (Lipinski definition) is 0. The number of halogens is 3. The van der Waals surface area contributed by atoms with Gasteiger partial charge >= 0.3 is 0 Å². The molecule has 0 unspecified atom stereocenters. The smallest absolute Gasteiger partial charge is 0.273 e. The van der Waals surface area contributed by atoms with Crippen LogP contribution < -0.4 is 0 Å². The molecule has 6 heteroatoms. The first-order valence-corrected chi connectivity index (χ1v) is 7.84. The average molecular weight is 191 g/mol. The molecule has 0 aliphatic heterocycles. The first-order valence-electron chi connectivity index (χ1n) is 2.53. The summed E-state index contributed by atoms with van der Waals surface area (Å²) >= 11 is 5.60. The second kappa shape index (κ2) is 3.65. The minimum atomic E-state index is -2.27. The van der Waals surface area contributed by atoms with Gasteiger partial charge in [0.15, 0.2) is 0 Å². The molecule has 1 nitrogen and oxygen atoms in total. The van der Waals surface area contributed by atoms with E-state index in [-0.39, 0.29) is 0 Å². The van der Waals surface area contributed by atoms with E-state index in [2.05, 4.69) is 0 Å². The molecule has 0 aliphatic rings. The third-order valence-electron chi connectivity index (χ3n) is 0.553. The fourth-order valence-electron chi connectivity index (χ4n) is 0.261. The average Bonchev–Trinajstić information content (AvgIpc) is 1.59. The molecular weight excluding hydrogens is 182 g/mol. The van der Waals surface area contributed by atoms with E-state index >= 15 is 0 Å². The molecule has 0 N–H and O–H groups in total. The van der Waals surface area contributed by atoms with E-state index in [9.17, 15) is 8.78 Å². The molecule has 0 radical (unpaired) electrons. The largest absolute Gasteiger partial charge is 0.445 e. The summed E-state index contributed by atoms with van der Waals surface area (Å²) in [6.45, 7) is 3.37. The Balaban J connectivity index is 3.28. The van der Waals surface area contributed by atoms with Crippen LogP contribution >= 0.6 is 11.1 Å². The molecule has 0 saturated heterocycles. The molecule has 0 aromatic rings. The van der Waals surface area contributed by atoms with Gasteiger partial charge in [-0.2, -0.15) is 0 Å². The summed E-state index contributed by atoms with van der Waals surface area (Å²) in [5.41, 5.74) is 0. The van der Waals surface area contributed by atoms with Crippen LogP contribution in [0.1, 0.15) is 0 Å². The number of hydrogen-bond acceptors (Lipinski definition) is 1. The first kappa shape index (κ1) is 9.54. The summed E-state index contributed by atoms with van der Waals surface area (Å²) in [4.78, 5) is 0. The van der Waals surface area contributed by atoms with Crippen LogP contribution in [0.5, 0.6) is 0 Å². The molecule has 0 aliphatic carbocycles. The van der Waals surface area contributed by atoms with E-state index in [1.54, 1.807) is 13.1 Å². The van der Waals surface area contributed by atoms with Crippen LogP contribution in [0.15, 0.2) is 0 Å².